The molecule has 4 heteroatoms. The molecule has 0 aliphatic carbocycles. The van der Waals surface area contributed by atoms with E-state index in [-0.39, 0.29) is 0 Å². The summed E-state index contributed by atoms with van der Waals surface area (Å²) in [6.07, 6.45) is 3.25. The molecule has 2 aromatic rings. The number of methoxy groups -OCH3 is 1. The van der Waals surface area contributed by atoms with E-state index in [1.165, 1.54) is 7.11 Å². The van der Waals surface area contributed by atoms with Crippen LogP contribution in [0.1, 0.15) is 22.8 Å². The lowest BCUT2D eigenvalue weighted by molar-refractivity contribution is 0.112. The molecule has 4 nitrogen and oxygen atoms in total. The van der Waals surface area contributed by atoms with Crippen LogP contribution in [0, 0.1) is 0 Å². The van der Waals surface area contributed by atoms with Gasteiger partial charge in [-0.2, -0.15) is 0 Å². The van der Waals surface area contributed by atoms with Crippen molar-refractivity contribution in [2.75, 3.05) is 13.7 Å². The van der Waals surface area contributed by atoms with Crippen LogP contribution in [0.2, 0.25) is 0 Å². The predicted octanol–water partition coefficient (Wildman–Crippen LogP) is 4.43. The number of rotatable bonds is 8. The van der Waals surface area contributed by atoms with Crippen LogP contribution in [0.25, 0.3) is 0 Å². The van der Waals surface area contributed by atoms with Crippen LogP contribution in [0.5, 0.6) is 23.0 Å². The van der Waals surface area contributed by atoms with Gasteiger partial charge in [0.05, 0.1) is 13.7 Å². The first-order chi connectivity index (χ1) is 11.2. The Kier molecular flexibility index (Phi) is 5.80. The van der Waals surface area contributed by atoms with E-state index in [0.29, 0.717) is 41.6 Å². The van der Waals surface area contributed by atoms with Gasteiger partial charge in [0.25, 0.3) is 0 Å². The number of hydrogen-bond donors (Lipinski definition) is 0. The maximum absolute atomic E-state index is 11.2. The van der Waals surface area contributed by atoms with Crippen molar-refractivity contribution in [1.29, 1.82) is 0 Å². The molecule has 0 aliphatic heterocycles. The minimum Gasteiger partial charge on any atom is -0.493 e. The van der Waals surface area contributed by atoms with Crippen LogP contribution < -0.4 is 14.2 Å². The van der Waals surface area contributed by atoms with E-state index in [1.54, 1.807) is 12.1 Å². The zero-order valence-corrected chi connectivity index (χ0v) is 13.4. The van der Waals surface area contributed by atoms with E-state index in [2.05, 4.69) is 6.58 Å². The topological polar surface area (TPSA) is 44.8 Å². The molecule has 0 atom stereocenters. The fourth-order valence-corrected chi connectivity index (χ4v) is 2.23. The second-order valence-corrected chi connectivity index (χ2v) is 4.80. The molecule has 120 valence electrons. The van der Waals surface area contributed by atoms with Gasteiger partial charge in [-0.1, -0.05) is 24.3 Å². The summed E-state index contributed by atoms with van der Waals surface area (Å²) in [6.45, 7) is 6.10. The second kappa shape index (κ2) is 8.03. The Labute approximate surface area is 136 Å². The summed E-state index contributed by atoms with van der Waals surface area (Å²) in [7, 11) is 1.53. The van der Waals surface area contributed by atoms with Crippen LogP contribution in [0.3, 0.4) is 0 Å². The molecule has 0 saturated carbocycles. The van der Waals surface area contributed by atoms with Gasteiger partial charge in [0.15, 0.2) is 11.5 Å². The molecule has 0 bridgehead atoms. The van der Waals surface area contributed by atoms with Gasteiger partial charge in [0.2, 0.25) is 5.75 Å². The lowest BCUT2D eigenvalue weighted by Crippen LogP contribution is -2.00. The van der Waals surface area contributed by atoms with Crippen molar-refractivity contribution in [2.45, 2.75) is 13.3 Å². The predicted molar refractivity (Wildman–Crippen MR) is 90.0 cm³/mol. The normalized spacial score (nSPS) is 10.0. The average molecular weight is 312 g/mol. The third-order valence-electron chi connectivity index (χ3n) is 3.24. The number of allylic oxidation sites excluding steroid dienone is 1. The lowest BCUT2D eigenvalue weighted by Gasteiger charge is -2.17. The summed E-state index contributed by atoms with van der Waals surface area (Å²) in [6, 6.07) is 10.9. The molecular formula is C19H20O4. The van der Waals surface area contributed by atoms with Gasteiger partial charge >= 0.3 is 0 Å². The highest BCUT2D eigenvalue weighted by molar-refractivity contribution is 5.78. The van der Waals surface area contributed by atoms with Gasteiger partial charge in [-0.15, -0.1) is 6.58 Å². The molecule has 23 heavy (non-hydrogen) atoms. The number of carbonyl (C=O) groups excluding carboxylic acids is 1. The fourth-order valence-electron chi connectivity index (χ4n) is 2.23. The Morgan fingerprint density at radius 1 is 1.13 bits per heavy atom. The van der Waals surface area contributed by atoms with E-state index < -0.39 is 0 Å². The average Bonchev–Trinajstić information content (AvgIpc) is 2.58. The van der Waals surface area contributed by atoms with Crippen LogP contribution in [-0.4, -0.2) is 20.0 Å². The maximum Gasteiger partial charge on any atom is 0.204 e. The molecule has 0 unspecified atom stereocenters. The van der Waals surface area contributed by atoms with Gasteiger partial charge in [-0.3, -0.25) is 4.79 Å². The van der Waals surface area contributed by atoms with Gasteiger partial charge in [-0.25, -0.2) is 0 Å². The van der Waals surface area contributed by atoms with Gasteiger partial charge in [0.1, 0.15) is 12.0 Å². The van der Waals surface area contributed by atoms with Crippen LogP contribution in [-0.2, 0) is 6.42 Å². The summed E-state index contributed by atoms with van der Waals surface area (Å²) in [5.74, 6) is 2.09. The Balaban J connectivity index is 2.49. The molecule has 0 radical (unpaired) electrons. The van der Waals surface area contributed by atoms with Crippen LogP contribution >= 0.6 is 0 Å². The van der Waals surface area contributed by atoms with Crippen molar-refractivity contribution >= 4 is 6.29 Å². The molecule has 0 heterocycles. The molecule has 2 rings (SSSR count). The van der Waals surface area contributed by atoms with E-state index in [1.807, 2.05) is 37.3 Å². The largest absolute Gasteiger partial charge is 0.493 e. The van der Waals surface area contributed by atoms with E-state index in [9.17, 15) is 4.79 Å². The molecule has 0 N–H and O–H groups in total. The summed E-state index contributed by atoms with van der Waals surface area (Å²) < 4.78 is 17.0. The summed E-state index contributed by atoms with van der Waals surface area (Å²) in [4.78, 5) is 11.2. The first-order valence-electron chi connectivity index (χ1n) is 7.40. The molecular weight excluding hydrogens is 292 g/mol. The molecule has 0 aromatic heterocycles. The van der Waals surface area contributed by atoms with E-state index in [0.717, 1.165) is 11.8 Å². The maximum atomic E-state index is 11.2. The van der Waals surface area contributed by atoms with Crippen molar-refractivity contribution < 1.29 is 19.0 Å². The van der Waals surface area contributed by atoms with Gasteiger partial charge < -0.3 is 14.2 Å². The van der Waals surface area contributed by atoms with Crippen molar-refractivity contribution in [3.8, 4) is 23.0 Å². The number of aldehydes is 1. The molecule has 2 aromatic carbocycles. The third-order valence-corrected chi connectivity index (χ3v) is 3.24. The standard InChI is InChI=1S/C19H20O4/c1-4-8-15-9-6-7-10-16(15)23-18-12-14(13-20)11-17(21-3)19(18)22-5-2/h4,6-7,9-13H,1,5,8H2,2-3H3. The Morgan fingerprint density at radius 3 is 2.52 bits per heavy atom. The highest BCUT2D eigenvalue weighted by Gasteiger charge is 2.16. The van der Waals surface area contributed by atoms with Crippen molar-refractivity contribution in [3.05, 3.63) is 60.2 Å². The molecule has 0 fully saturated rings. The second-order valence-electron chi connectivity index (χ2n) is 4.80. The van der Waals surface area contributed by atoms with Crippen molar-refractivity contribution in [3.63, 3.8) is 0 Å². The smallest absolute Gasteiger partial charge is 0.204 e. The number of para-hydroxylation sites is 1. The lowest BCUT2D eigenvalue weighted by atomic mass is 10.1. The first kappa shape index (κ1) is 16.6. The fraction of sp³-hybridized carbons (Fsp3) is 0.211. The quantitative estimate of drug-likeness (QED) is 0.534. The summed E-state index contributed by atoms with van der Waals surface area (Å²) >= 11 is 0. The SMILES string of the molecule is C=CCc1ccccc1Oc1cc(C=O)cc(OC)c1OCC. The highest BCUT2D eigenvalue weighted by Crippen LogP contribution is 2.41. The molecule has 0 spiro atoms. The Bertz CT molecular complexity index is 692. The van der Waals surface area contributed by atoms with E-state index >= 15 is 0 Å². The van der Waals surface area contributed by atoms with Crippen molar-refractivity contribution in [1.82, 2.24) is 0 Å². The molecule has 0 amide bonds. The highest BCUT2D eigenvalue weighted by atomic mass is 16.5. The van der Waals surface area contributed by atoms with Gasteiger partial charge in [0, 0.05) is 5.56 Å². The Morgan fingerprint density at radius 2 is 1.87 bits per heavy atom. The first-order valence-corrected chi connectivity index (χ1v) is 7.40. The number of ether oxygens (including phenoxy) is 3. The van der Waals surface area contributed by atoms with Crippen LogP contribution in [0.4, 0.5) is 0 Å². The number of benzene rings is 2. The minimum atomic E-state index is 0.449. The minimum absolute atomic E-state index is 0.449. The van der Waals surface area contributed by atoms with Gasteiger partial charge in [-0.05, 0) is 37.1 Å². The molecule has 0 aliphatic rings. The summed E-state index contributed by atoms with van der Waals surface area (Å²) in [5, 5.41) is 0. The third kappa shape index (κ3) is 3.92. The van der Waals surface area contributed by atoms with E-state index in [4.69, 9.17) is 14.2 Å². The Hall–Kier alpha value is -2.75. The zero-order chi connectivity index (χ0) is 16.7. The zero-order valence-electron chi connectivity index (χ0n) is 13.4. The number of carbonyl (C=O) groups is 1. The van der Waals surface area contributed by atoms with Crippen LogP contribution in [0.15, 0.2) is 49.1 Å². The summed E-state index contributed by atoms with van der Waals surface area (Å²) in [5.41, 5.74) is 1.46. The number of hydrogen-bond acceptors (Lipinski definition) is 4. The van der Waals surface area contributed by atoms with Crippen molar-refractivity contribution in [2.24, 2.45) is 0 Å². The molecule has 0 saturated heterocycles. The monoisotopic (exact) mass is 312 g/mol.